The standard InChI is InChI=1S/C28H31ClIN3O4S/c1-20(2)31-28(35)26(17-21-9-5-4-6-10-21)32(18-22-11-7-8-12-25(22)29)27(34)19-33(38(3,36)37)24-15-13-23(30)14-16-24/h4-16,20,26H,17-19H2,1-3H3,(H,31,35). The van der Waals surface area contributed by atoms with E-state index in [1.165, 1.54) is 4.90 Å². The molecule has 0 radical (unpaired) electrons. The van der Waals surface area contributed by atoms with Crippen LogP contribution in [-0.4, -0.2) is 50.0 Å². The largest absolute Gasteiger partial charge is 0.352 e. The maximum Gasteiger partial charge on any atom is 0.244 e. The Bertz CT molecular complexity index is 1350. The average molecular weight is 668 g/mol. The second-order valence-electron chi connectivity index (χ2n) is 9.23. The summed E-state index contributed by atoms with van der Waals surface area (Å²) in [7, 11) is -3.81. The molecule has 0 saturated heterocycles. The van der Waals surface area contributed by atoms with E-state index in [1.54, 1.807) is 48.5 Å². The topological polar surface area (TPSA) is 86.8 Å². The molecular formula is C28H31ClIN3O4S. The van der Waals surface area contributed by atoms with Gasteiger partial charge in [0.15, 0.2) is 0 Å². The first-order valence-corrected chi connectivity index (χ1v) is 15.4. The van der Waals surface area contributed by atoms with Crippen molar-refractivity contribution in [3.63, 3.8) is 0 Å². The quantitative estimate of drug-likeness (QED) is 0.296. The van der Waals surface area contributed by atoms with E-state index >= 15 is 0 Å². The maximum atomic E-state index is 14.0. The summed E-state index contributed by atoms with van der Waals surface area (Å²) in [6, 6.07) is 22.3. The number of sulfonamides is 1. The van der Waals surface area contributed by atoms with Gasteiger partial charge in [-0.25, -0.2) is 8.42 Å². The van der Waals surface area contributed by atoms with Gasteiger partial charge in [0.25, 0.3) is 0 Å². The van der Waals surface area contributed by atoms with Crippen LogP contribution in [0, 0.1) is 3.57 Å². The Balaban J connectivity index is 2.06. The number of nitrogens with one attached hydrogen (secondary N) is 1. The second kappa shape index (κ2) is 13.4. The fraction of sp³-hybridized carbons (Fsp3) is 0.286. The molecule has 3 aromatic carbocycles. The Hall–Kier alpha value is -2.63. The Labute approximate surface area is 243 Å². The van der Waals surface area contributed by atoms with E-state index in [4.69, 9.17) is 11.6 Å². The zero-order valence-corrected chi connectivity index (χ0v) is 25.2. The number of nitrogens with zero attached hydrogens (tertiary/aromatic N) is 2. The molecule has 0 saturated carbocycles. The molecular weight excluding hydrogens is 637 g/mol. The van der Waals surface area contributed by atoms with Crippen LogP contribution in [-0.2, 0) is 32.6 Å². The Kier molecular flexibility index (Phi) is 10.6. The first-order chi connectivity index (χ1) is 18.0. The Morgan fingerprint density at radius 3 is 2.13 bits per heavy atom. The van der Waals surface area contributed by atoms with Gasteiger partial charge in [0.05, 0.1) is 11.9 Å². The minimum atomic E-state index is -3.81. The molecule has 0 fully saturated rings. The smallest absolute Gasteiger partial charge is 0.244 e. The minimum Gasteiger partial charge on any atom is -0.352 e. The molecule has 38 heavy (non-hydrogen) atoms. The lowest BCUT2D eigenvalue weighted by Crippen LogP contribution is -2.54. The lowest BCUT2D eigenvalue weighted by Gasteiger charge is -2.34. The molecule has 0 aliphatic heterocycles. The molecule has 1 N–H and O–H groups in total. The first-order valence-electron chi connectivity index (χ1n) is 12.1. The van der Waals surface area contributed by atoms with E-state index in [2.05, 4.69) is 27.9 Å². The average Bonchev–Trinajstić information content (AvgIpc) is 2.85. The van der Waals surface area contributed by atoms with Crippen molar-refractivity contribution in [2.24, 2.45) is 0 Å². The SMILES string of the molecule is CC(C)NC(=O)C(Cc1ccccc1)N(Cc1ccccc1Cl)C(=O)CN(c1ccc(I)cc1)S(C)(=O)=O. The van der Waals surface area contributed by atoms with Crippen molar-refractivity contribution in [1.29, 1.82) is 0 Å². The van der Waals surface area contributed by atoms with E-state index < -0.39 is 28.5 Å². The normalized spacial score (nSPS) is 12.2. The number of hydrogen-bond acceptors (Lipinski definition) is 4. The minimum absolute atomic E-state index is 0.0335. The molecule has 3 aromatic rings. The van der Waals surface area contributed by atoms with Crippen molar-refractivity contribution in [2.45, 2.75) is 38.9 Å². The number of benzene rings is 3. The summed E-state index contributed by atoms with van der Waals surface area (Å²) < 4.78 is 27.6. The molecule has 1 atom stereocenters. The first kappa shape index (κ1) is 29.9. The highest BCUT2D eigenvalue weighted by Crippen LogP contribution is 2.23. The highest BCUT2D eigenvalue weighted by Gasteiger charge is 2.33. The van der Waals surface area contributed by atoms with E-state index in [-0.39, 0.29) is 24.9 Å². The summed E-state index contributed by atoms with van der Waals surface area (Å²) >= 11 is 8.57. The van der Waals surface area contributed by atoms with Gasteiger partial charge >= 0.3 is 0 Å². The van der Waals surface area contributed by atoms with Gasteiger partial charge < -0.3 is 10.2 Å². The Morgan fingerprint density at radius 2 is 1.55 bits per heavy atom. The van der Waals surface area contributed by atoms with Gasteiger partial charge in [-0.3, -0.25) is 13.9 Å². The number of amides is 2. The van der Waals surface area contributed by atoms with Gasteiger partial charge in [-0.2, -0.15) is 0 Å². The van der Waals surface area contributed by atoms with Crippen LogP contribution in [0.1, 0.15) is 25.0 Å². The van der Waals surface area contributed by atoms with Crippen molar-refractivity contribution in [1.82, 2.24) is 10.2 Å². The maximum absolute atomic E-state index is 14.0. The third-order valence-corrected chi connectivity index (χ3v) is 8.02. The molecule has 0 aliphatic rings. The summed E-state index contributed by atoms with van der Waals surface area (Å²) in [5, 5.41) is 3.37. The predicted molar refractivity (Wildman–Crippen MR) is 161 cm³/mol. The van der Waals surface area contributed by atoms with E-state index in [0.29, 0.717) is 16.3 Å². The fourth-order valence-electron chi connectivity index (χ4n) is 3.97. The van der Waals surface area contributed by atoms with Gasteiger partial charge in [0.2, 0.25) is 21.8 Å². The molecule has 0 heterocycles. The van der Waals surface area contributed by atoms with Crippen molar-refractivity contribution in [3.05, 3.63) is 98.6 Å². The third-order valence-electron chi connectivity index (χ3n) is 5.79. The Morgan fingerprint density at radius 1 is 0.947 bits per heavy atom. The zero-order valence-electron chi connectivity index (χ0n) is 21.5. The predicted octanol–water partition coefficient (Wildman–Crippen LogP) is 4.88. The monoisotopic (exact) mass is 667 g/mol. The van der Waals surface area contributed by atoms with Gasteiger partial charge in [0.1, 0.15) is 12.6 Å². The van der Waals surface area contributed by atoms with Crippen LogP contribution in [0.2, 0.25) is 5.02 Å². The van der Waals surface area contributed by atoms with Crippen molar-refractivity contribution in [3.8, 4) is 0 Å². The molecule has 0 bridgehead atoms. The van der Waals surface area contributed by atoms with E-state index in [9.17, 15) is 18.0 Å². The summed E-state index contributed by atoms with van der Waals surface area (Å²) in [4.78, 5) is 28.9. The summed E-state index contributed by atoms with van der Waals surface area (Å²) in [6.45, 7) is 3.26. The molecule has 202 valence electrons. The lowest BCUT2D eigenvalue weighted by molar-refractivity contribution is -0.140. The molecule has 0 aromatic heterocycles. The molecule has 1 unspecified atom stereocenters. The van der Waals surface area contributed by atoms with Crippen molar-refractivity contribution < 1.29 is 18.0 Å². The van der Waals surface area contributed by atoms with E-state index in [0.717, 1.165) is 19.7 Å². The number of halogens is 2. The highest BCUT2D eigenvalue weighted by atomic mass is 127. The fourth-order valence-corrected chi connectivity index (χ4v) is 5.37. The number of carbonyl (C=O) groups excluding carboxylic acids is 2. The number of rotatable bonds is 11. The summed E-state index contributed by atoms with van der Waals surface area (Å²) in [5.74, 6) is -0.849. The molecule has 3 rings (SSSR count). The number of hydrogen-bond donors (Lipinski definition) is 1. The molecule has 7 nitrogen and oxygen atoms in total. The summed E-state index contributed by atoms with van der Waals surface area (Å²) in [6.07, 6.45) is 1.31. The van der Waals surface area contributed by atoms with Crippen LogP contribution in [0.4, 0.5) is 5.69 Å². The molecule has 10 heteroatoms. The molecule has 0 spiro atoms. The molecule has 0 aliphatic carbocycles. The van der Waals surface area contributed by atoms with Crippen molar-refractivity contribution >= 4 is 61.7 Å². The molecule has 2 amide bonds. The van der Waals surface area contributed by atoms with Crippen LogP contribution < -0.4 is 9.62 Å². The van der Waals surface area contributed by atoms with Gasteiger partial charge in [-0.1, -0.05) is 60.1 Å². The van der Waals surface area contributed by atoms with Gasteiger partial charge in [-0.15, -0.1) is 0 Å². The van der Waals surface area contributed by atoms with Crippen LogP contribution in [0.3, 0.4) is 0 Å². The van der Waals surface area contributed by atoms with Crippen molar-refractivity contribution in [2.75, 3.05) is 17.1 Å². The lowest BCUT2D eigenvalue weighted by atomic mass is 10.0. The van der Waals surface area contributed by atoms with Gasteiger partial charge in [-0.05, 0) is 77.9 Å². The third kappa shape index (κ3) is 8.44. The van der Waals surface area contributed by atoms with E-state index in [1.807, 2.05) is 44.2 Å². The number of carbonyl (C=O) groups is 2. The zero-order chi connectivity index (χ0) is 27.9. The number of anilines is 1. The highest BCUT2D eigenvalue weighted by molar-refractivity contribution is 14.1. The van der Waals surface area contributed by atoms with Crippen LogP contribution in [0.5, 0.6) is 0 Å². The van der Waals surface area contributed by atoms with Crippen LogP contribution in [0.15, 0.2) is 78.9 Å². The summed E-state index contributed by atoms with van der Waals surface area (Å²) in [5.41, 5.74) is 1.88. The van der Waals surface area contributed by atoms with Crippen LogP contribution >= 0.6 is 34.2 Å². The van der Waals surface area contributed by atoms with Gasteiger partial charge in [0, 0.05) is 27.6 Å². The second-order valence-corrected chi connectivity index (χ2v) is 12.8. The van der Waals surface area contributed by atoms with Crippen LogP contribution in [0.25, 0.3) is 0 Å².